The Morgan fingerprint density at radius 1 is 1.35 bits per heavy atom. The molecule has 0 saturated carbocycles. The lowest BCUT2D eigenvalue weighted by Crippen LogP contribution is -2.24. The van der Waals surface area contributed by atoms with Gasteiger partial charge in [-0.05, 0) is 20.8 Å². The average Bonchev–Trinajstić information content (AvgIpc) is 2.96. The summed E-state index contributed by atoms with van der Waals surface area (Å²) in [6.45, 7) is 6.19. The Balaban J connectivity index is 1.89. The normalized spacial score (nSPS) is 10.8. The maximum Gasteiger partial charge on any atom is 0.309 e. The first-order valence-electron chi connectivity index (χ1n) is 7.23. The zero-order chi connectivity index (χ0) is 17.1. The van der Waals surface area contributed by atoms with Gasteiger partial charge in [-0.3, -0.25) is 24.3 Å². The van der Waals surface area contributed by atoms with E-state index in [9.17, 15) is 14.9 Å². The third-order valence-corrected chi connectivity index (χ3v) is 3.95. The Hall–Kier alpha value is -2.71. The van der Waals surface area contributed by atoms with Gasteiger partial charge >= 0.3 is 5.69 Å². The van der Waals surface area contributed by atoms with E-state index in [1.165, 1.54) is 10.9 Å². The van der Waals surface area contributed by atoms with Gasteiger partial charge in [-0.2, -0.15) is 10.2 Å². The molecule has 0 fully saturated rings. The fourth-order valence-electron chi connectivity index (χ4n) is 2.40. The second-order valence-electron chi connectivity index (χ2n) is 5.40. The van der Waals surface area contributed by atoms with E-state index < -0.39 is 4.92 Å². The summed E-state index contributed by atoms with van der Waals surface area (Å²) in [5.41, 5.74) is 3.32. The van der Waals surface area contributed by atoms with Crippen LogP contribution in [0.3, 0.4) is 0 Å². The first-order chi connectivity index (χ1) is 10.8. The van der Waals surface area contributed by atoms with E-state index in [0.717, 1.165) is 17.0 Å². The molecule has 23 heavy (non-hydrogen) atoms. The summed E-state index contributed by atoms with van der Waals surface area (Å²) < 4.78 is 3.25. The van der Waals surface area contributed by atoms with Crippen molar-refractivity contribution in [1.29, 1.82) is 0 Å². The molecule has 9 heteroatoms. The third kappa shape index (κ3) is 3.55. The van der Waals surface area contributed by atoms with Crippen LogP contribution in [0, 0.1) is 30.9 Å². The number of aryl methyl sites for hydroxylation is 3. The number of nitrogens with one attached hydrogen (secondary N) is 1. The molecule has 1 amide bonds. The Labute approximate surface area is 133 Å². The second-order valence-corrected chi connectivity index (χ2v) is 5.40. The van der Waals surface area contributed by atoms with E-state index >= 15 is 0 Å². The zero-order valence-electron chi connectivity index (χ0n) is 13.7. The molecule has 0 aromatic carbocycles. The van der Waals surface area contributed by atoms with E-state index in [1.54, 1.807) is 11.6 Å². The van der Waals surface area contributed by atoms with Crippen LogP contribution in [0.4, 0.5) is 5.69 Å². The Kier molecular flexibility index (Phi) is 4.77. The highest BCUT2D eigenvalue weighted by atomic mass is 16.6. The number of carbonyl (C=O) groups excluding carboxylic acids is 1. The predicted molar refractivity (Wildman–Crippen MR) is 82.8 cm³/mol. The number of nitrogens with zero attached hydrogens (tertiary/aromatic N) is 5. The Morgan fingerprint density at radius 2 is 2.04 bits per heavy atom. The van der Waals surface area contributed by atoms with E-state index in [-0.39, 0.29) is 18.0 Å². The smallest absolute Gasteiger partial charge is 0.309 e. The first kappa shape index (κ1) is 16.7. The van der Waals surface area contributed by atoms with Crippen molar-refractivity contribution in [2.45, 2.75) is 40.3 Å². The van der Waals surface area contributed by atoms with Gasteiger partial charge in [-0.25, -0.2) is 0 Å². The van der Waals surface area contributed by atoms with Crippen molar-refractivity contribution in [2.24, 2.45) is 7.05 Å². The van der Waals surface area contributed by atoms with Crippen LogP contribution in [0.15, 0.2) is 6.20 Å². The first-order valence-corrected chi connectivity index (χ1v) is 7.23. The molecule has 0 aliphatic heterocycles. The molecule has 2 heterocycles. The molecule has 0 saturated heterocycles. The highest BCUT2D eigenvalue weighted by Gasteiger charge is 2.17. The largest absolute Gasteiger partial charge is 0.352 e. The van der Waals surface area contributed by atoms with Crippen molar-refractivity contribution in [3.05, 3.63) is 39.0 Å². The zero-order valence-corrected chi connectivity index (χ0v) is 13.7. The van der Waals surface area contributed by atoms with Crippen molar-refractivity contribution in [2.75, 3.05) is 0 Å². The monoisotopic (exact) mass is 320 g/mol. The van der Waals surface area contributed by atoms with Gasteiger partial charge < -0.3 is 5.32 Å². The molecule has 2 aromatic heterocycles. The van der Waals surface area contributed by atoms with Crippen molar-refractivity contribution >= 4 is 11.6 Å². The maximum absolute atomic E-state index is 12.0. The molecule has 0 radical (unpaired) electrons. The quantitative estimate of drug-likeness (QED) is 0.634. The fourth-order valence-corrected chi connectivity index (χ4v) is 2.40. The molecule has 0 spiro atoms. The maximum atomic E-state index is 12.0. The summed E-state index contributed by atoms with van der Waals surface area (Å²) in [4.78, 5) is 22.2. The minimum absolute atomic E-state index is 0.0352. The van der Waals surface area contributed by atoms with Gasteiger partial charge in [-0.15, -0.1) is 0 Å². The Morgan fingerprint density at radius 3 is 2.57 bits per heavy atom. The van der Waals surface area contributed by atoms with Gasteiger partial charge in [0, 0.05) is 31.3 Å². The molecule has 1 N–H and O–H groups in total. The van der Waals surface area contributed by atoms with E-state index in [4.69, 9.17) is 0 Å². The number of amides is 1. The van der Waals surface area contributed by atoms with Crippen molar-refractivity contribution in [3.63, 3.8) is 0 Å². The van der Waals surface area contributed by atoms with Gasteiger partial charge in [0.05, 0.1) is 17.2 Å². The summed E-state index contributed by atoms with van der Waals surface area (Å²) in [6, 6.07) is 0. The van der Waals surface area contributed by atoms with Crippen LogP contribution in [-0.2, 0) is 24.9 Å². The van der Waals surface area contributed by atoms with Crippen LogP contribution in [0.25, 0.3) is 0 Å². The van der Waals surface area contributed by atoms with Gasteiger partial charge in [0.25, 0.3) is 0 Å². The topological polar surface area (TPSA) is 108 Å². The number of nitro groups is 1. The predicted octanol–water partition coefficient (Wildman–Crippen LogP) is 1.16. The lowest BCUT2D eigenvalue weighted by Gasteiger charge is -2.07. The molecular weight excluding hydrogens is 300 g/mol. The molecule has 124 valence electrons. The van der Waals surface area contributed by atoms with Crippen LogP contribution in [0.5, 0.6) is 0 Å². The van der Waals surface area contributed by atoms with Crippen LogP contribution in [0.1, 0.15) is 29.1 Å². The SMILES string of the molecule is Cc1nn(C)c(C)c1CNC(=O)CCn1ncc([N+](=O)[O-])c1C. The van der Waals surface area contributed by atoms with Gasteiger partial charge in [0.2, 0.25) is 5.91 Å². The van der Waals surface area contributed by atoms with Gasteiger partial charge in [0.15, 0.2) is 0 Å². The molecule has 0 aliphatic carbocycles. The van der Waals surface area contributed by atoms with Crippen LogP contribution >= 0.6 is 0 Å². The van der Waals surface area contributed by atoms with E-state index in [2.05, 4.69) is 15.5 Å². The number of carbonyl (C=O) groups is 1. The van der Waals surface area contributed by atoms with Gasteiger partial charge in [-0.1, -0.05) is 0 Å². The number of hydrogen-bond donors (Lipinski definition) is 1. The van der Waals surface area contributed by atoms with Crippen molar-refractivity contribution < 1.29 is 9.72 Å². The molecule has 0 bridgehead atoms. The summed E-state index contributed by atoms with van der Waals surface area (Å²) in [5.74, 6) is -0.134. The van der Waals surface area contributed by atoms with E-state index in [0.29, 0.717) is 18.8 Å². The molecule has 2 rings (SSSR count). The molecular formula is C14H20N6O3. The fraction of sp³-hybridized carbons (Fsp3) is 0.500. The minimum atomic E-state index is -0.479. The molecule has 0 atom stereocenters. The van der Waals surface area contributed by atoms with Crippen molar-refractivity contribution in [1.82, 2.24) is 24.9 Å². The lowest BCUT2D eigenvalue weighted by molar-refractivity contribution is -0.385. The summed E-state index contributed by atoms with van der Waals surface area (Å²) in [6.07, 6.45) is 1.41. The lowest BCUT2D eigenvalue weighted by atomic mass is 10.2. The van der Waals surface area contributed by atoms with Crippen LogP contribution in [0.2, 0.25) is 0 Å². The molecule has 9 nitrogen and oxygen atoms in total. The van der Waals surface area contributed by atoms with Crippen LogP contribution < -0.4 is 5.32 Å². The highest BCUT2D eigenvalue weighted by Crippen LogP contribution is 2.16. The number of aromatic nitrogens is 4. The standard InChI is InChI=1S/C14H20N6O3/c1-9-12(10(2)18(4)17-9)7-15-14(21)5-6-19-11(3)13(8-16-19)20(22)23/h8H,5-7H2,1-4H3,(H,15,21). The summed E-state index contributed by atoms with van der Waals surface area (Å²) >= 11 is 0. The van der Waals surface area contributed by atoms with Crippen molar-refractivity contribution in [3.8, 4) is 0 Å². The van der Waals surface area contributed by atoms with Gasteiger partial charge in [0.1, 0.15) is 11.9 Å². The number of hydrogen-bond acceptors (Lipinski definition) is 5. The Bertz CT molecular complexity index is 746. The molecule has 2 aromatic rings. The molecule has 0 aliphatic rings. The third-order valence-electron chi connectivity index (χ3n) is 3.95. The van der Waals surface area contributed by atoms with E-state index in [1.807, 2.05) is 20.9 Å². The minimum Gasteiger partial charge on any atom is -0.352 e. The summed E-state index contributed by atoms with van der Waals surface area (Å²) in [7, 11) is 1.86. The average molecular weight is 320 g/mol. The number of rotatable bonds is 6. The van der Waals surface area contributed by atoms with Crippen LogP contribution in [-0.4, -0.2) is 30.4 Å². The molecule has 0 unspecified atom stereocenters. The summed E-state index contributed by atoms with van der Waals surface area (Å²) in [5, 5.41) is 21.9. The highest BCUT2D eigenvalue weighted by molar-refractivity contribution is 5.75. The second kappa shape index (κ2) is 6.59.